The molecule has 0 radical (unpaired) electrons. The highest BCUT2D eigenvalue weighted by Crippen LogP contribution is 2.35. The molecule has 100 valence electrons. The number of rotatable bonds is 2. The number of fused-ring (bicyclic) bond motifs is 2. The number of hydrogen-bond acceptors (Lipinski definition) is 4. The maximum atomic E-state index is 12.2. The van der Waals surface area contributed by atoms with Crippen molar-refractivity contribution < 1.29 is 19.4 Å². The van der Waals surface area contributed by atoms with Gasteiger partial charge in [-0.15, -0.1) is 5.73 Å². The molecule has 0 fully saturated rings. The predicted octanol–water partition coefficient (Wildman–Crippen LogP) is 1.68. The number of carboxylic acids is 1. The molecule has 3 rings (SSSR count). The summed E-state index contributed by atoms with van der Waals surface area (Å²) in [4.78, 5) is 23.3. The summed E-state index contributed by atoms with van der Waals surface area (Å²) in [7, 11) is 0. The van der Waals surface area contributed by atoms with Crippen molar-refractivity contribution >= 4 is 23.1 Å². The summed E-state index contributed by atoms with van der Waals surface area (Å²) in [6.45, 7) is 3.52. The van der Waals surface area contributed by atoms with E-state index in [2.05, 4.69) is 12.3 Å². The number of aromatic nitrogens is 1. The predicted molar refractivity (Wildman–Crippen MR) is 71.2 cm³/mol. The Bertz CT molecular complexity index is 843. The Morgan fingerprint density at radius 2 is 2.10 bits per heavy atom. The van der Waals surface area contributed by atoms with E-state index in [-0.39, 0.29) is 17.7 Å². The Kier molecular flexibility index (Phi) is 2.59. The third-order valence-corrected chi connectivity index (χ3v) is 2.99. The van der Waals surface area contributed by atoms with E-state index in [1.165, 1.54) is 23.0 Å². The van der Waals surface area contributed by atoms with Gasteiger partial charge in [0.2, 0.25) is 12.2 Å². The summed E-state index contributed by atoms with van der Waals surface area (Å²) in [6, 6.07) is 3.11. The van der Waals surface area contributed by atoms with Crippen LogP contribution >= 0.6 is 0 Å². The topological polar surface area (TPSA) is 77.8 Å². The van der Waals surface area contributed by atoms with Crippen molar-refractivity contribution in [1.82, 2.24) is 4.57 Å². The van der Waals surface area contributed by atoms with E-state index in [1.807, 2.05) is 0 Å². The Morgan fingerprint density at radius 1 is 1.40 bits per heavy atom. The van der Waals surface area contributed by atoms with Crippen molar-refractivity contribution in [3.8, 4) is 11.5 Å². The maximum Gasteiger partial charge on any atom is 0.341 e. The molecule has 1 aliphatic heterocycles. The average Bonchev–Trinajstić information content (AvgIpc) is 2.87. The van der Waals surface area contributed by atoms with Crippen LogP contribution in [0.1, 0.15) is 10.4 Å². The monoisotopic (exact) mass is 271 g/mol. The number of aromatic carboxylic acids is 1. The summed E-state index contributed by atoms with van der Waals surface area (Å²) < 4.78 is 11.9. The van der Waals surface area contributed by atoms with Crippen LogP contribution in [0.2, 0.25) is 0 Å². The minimum Gasteiger partial charge on any atom is -0.477 e. The highest BCUT2D eigenvalue weighted by atomic mass is 16.7. The molecule has 0 amide bonds. The second kappa shape index (κ2) is 4.29. The van der Waals surface area contributed by atoms with Gasteiger partial charge in [-0.3, -0.25) is 4.79 Å². The van der Waals surface area contributed by atoms with Crippen LogP contribution in [0, 0.1) is 0 Å². The number of pyridine rings is 1. The lowest BCUT2D eigenvalue weighted by Gasteiger charge is -2.08. The van der Waals surface area contributed by atoms with E-state index in [0.717, 1.165) is 0 Å². The summed E-state index contributed by atoms with van der Waals surface area (Å²) in [5.41, 5.74) is 2.15. The lowest BCUT2D eigenvalue weighted by atomic mass is 10.1. The van der Waals surface area contributed by atoms with E-state index in [4.69, 9.17) is 14.6 Å². The molecule has 1 N–H and O–H groups in total. The molecule has 2 aromatic rings. The lowest BCUT2D eigenvalue weighted by molar-refractivity contribution is 0.0695. The molecule has 0 spiro atoms. The molecule has 1 aromatic heterocycles. The van der Waals surface area contributed by atoms with Crippen LogP contribution in [-0.4, -0.2) is 22.4 Å². The summed E-state index contributed by atoms with van der Waals surface area (Å²) >= 11 is 0. The molecule has 0 unspecified atom stereocenters. The summed E-state index contributed by atoms with van der Waals surface area (Å²) in [6.07, 6.45) is 2.67. The van der Waals surface area contributed by atoms with Gasteiger partial charge in [-0.1, -0.05) is 6.58 Å². The second-order valence-electron chi connectivity index (χ2n) is 4.14. The van der Waals surface area contributed by atoms with Crippen LogP contribution < -0.4 is 14.9 Å². The van der Waals surface area contributed by atoms with Crippen LogP contribution in [0.25, 0.3) is 17.1 Å². The van der Waals surface area contributed by atoms with Crippen LogP contribution in [0.3, 0.4) is 0 Å². The minimum absolute atomic E-state index is 0.0724. The Labute approximate surface area is 112 Å². The van der Waals surface area contributed by atoms with Gasteiger partial charge in [0.1, 0.15) is 5.56 Å². The third-order valence-electron chi connectivity index (χ3n) is 2.99. The number of benzene rings is 1. The molecule has 2 heterocycles. The van der Waals surface area contributed by atoms with Crippen molar-refractivity contribution in [1.29, 1.82) is 0 Å². The lowest BCUT2D eigenvalue weighted by Crippen LogP contribution is -2.17. The molecular formula is C14H9NO5. The molecule has 20 heavy (non-hydrogen) atoms. The highest BCUT2D eigenvalue weighted by Gasteiger charge is 2.19. The van der Waals surface area contributed by atoms with E-state index in [0.29, 0.717) is 17.0 Å². The highest BCUT2D eigenvalue weighted by molar-refractivity contribution is 5.94. The molecule has 0 saturated carbocycles. The molecule has 0 saturated heterocycles. The summed E-state index contributed by atoms with van der Waals surface area (Å²) in [5.74, 6) is -0.363. The van der Waals surface area contributed by atoms with Crippen molar-refractivity contribution in [2.45, 2.75) is 0 Å². The first-order valence-electron chi connectivity index (χ1n) is 5.69. The zero-order valence-electron chi connectivity index (χ0n) is 10.3. The Morgan fingerprint density at radius 3 is 2.75 bits per heavy atom. The minimum atomic E-state index is -1.29. The zero-order chi connectivity index (χ0) is 14.3. The van der Waals surface area contributed by atoms with Gasteiger partial charge in [-0.05, 0) is 6.07 Å². The SMILES string of the molecule is C=C=Cn1cc(C(=O)O)c(=O)c2cc3c(cc21)OCO3. The normalized spacial score (nSPS) is 12.2. The zero-order valence-corrected chi connectivity index (χ0v) is 10.3. The first kappa shape index (κ1) is 12.1. The van der Waals surface area contributed by atoms with Crippen LogP contribution in [0.15, 0.2) is 35.4 Å². The first-order valence-corrected chi connectivity index (χ1v) is 5.69. The van der Waals surface area contributed by atoms with Crippen LogP contribution in [0.5, 0.6) is 11.5 Å². The van der Waals surface area contributed by atoms with Gasteiger partial charge < -0.3 is 19.1 Å². The molecule has 0 atom stereocenters. The maximum absolute atomic E-state index is 12.2. The fraction of sp³-hybridized carbons (Fsp3) is 0.0714. The average molecular weight is 271 g/mol. The van der Waals surface area contributed by atoms with Crippen LogP contribution in [-0.2, 0) is 0 Å². The van der Waals surface area contributed by atoms with E-state index in [9.17, 15) is 9.59 Å². The molecular weight excluding hydrogens is 262 g/mol. The van der Waals surface area contributed by atoms with Crippen molar-refractivity contribution in [2.75, 3.05) is 6.79 Å². The Hall–Kier alpha value is -2.98. The van der Waals surface area contributed by atoms with Crippen molar-refractivity contribution in [3.05, 3.63) is 46.4 Å². The van der Waals surface area contributed by atoms with Gasteiger partial charge in [0, 0.05) is 12.3 Å². The second-order valence-corrected chi connectivity index (χ2v) is 4.14. The molecule has 6 nitrogen and oxygen atoms in total. The van der Waals surface area contributed by atoms with Gasteiger partial charge in [-0.25, -0.2) is 4.79 Å². The standard InChI is InChI=1S/C14H9NO5/c1-2-3-15-6-9(14(17)18)13(16)8-4-11-12(5-10(8)15)20-7-19-11/h3-6H,1,7H2,(H,17,18). The van der Waals surface area contributed by atoms with Gasteiger partial charge in [0.05, 0.1) is 17.1 Å². The van der Waals surface area contributed by atoms with Gasteiger partial charge in [-0.2, -0.15) is 0 Å². The molecule has 1 aromatic carbocycles. The van der Waals surface area contributed by atoms with E-state index >= 15 is 0 Å². The van der Waals surface area contributed by atoms with Crippen molar-refractivity contribution in [2.24, 2.45) is 0 Å². The summed E-state index contributed by atoms with van der Waals surface area (Å²) in [5, 5.41) is 9.33. The van der Waals surface area contributed by atoms with Gasteiger partial charge >= 0.3 is 5.97 Å². The Balaban J connectivity index is 2.47. The fourth-order valence-electron chi connectivity index (χ4n) is 2.10. The van der Waals surface area contributed by atoms with Crippen LogP contribution in [0.4, 0.5) is 0 Å². The number of nitrogens with zero attached hydrogens (tertiary/aromatic N) is 1. The van der Waals surface area contributed by atoms with Gasteiger partial charge in [0.15, 0.2) is 11.5 Å². The fourth-order valence-corrected chi connectivity index (χ4v) is 2.10. The quantitative estimate of drug-likeness (QED) is 0.841. The first-order chi connectivity index (χ1) is 9.61. The largest absolute Gasteiger partial charge is 0.477 e. The molecule has 6 heteroatoms. The number of hydrogen-bond donors (Lipinski definition) is 1. The third kappa shape index (κ3) is 1.67. The van der Waals surface area contributed by atoms with E-state index in [1.54, 1.807) is 6.07 Å². The van der Waals surface area contributed by atoms with E-state index < -0.39 is 11.4 Å². The molecule has 0 aliphatic carbocycles. The smallest absolute Gasteiger partial charge is 0.341 e. The van der Waals surface area contributed by atoms with Gasteiger partial charge in [0.25, 0.3) is 0 Å². The number of carbonyl (C=O) groups is 1. The van der Waals surface area contributed by atoms with Crippen molar-refractivity contribution in [3.63, 3.8) is 0 Å². The number of carboxylic acid groups (broad SMARTS) is 1. The number of ether oxygens (including phenoxy) is 2. The molecule has 1 aliphatic rings. The molecule has 0 bridgehead atoms.